The van der Waals surface area contributed by atoms with Crippen LogP contribution >= 0.6 is 0 Å². The van der Waals surface area contributed by atoms with Gasteiger partial charge in [0.1, 0.15) is 5.76 Å². The van der Waals surface area contributed by atoms with Crippen LogP contribution in [0.4, 0.5) is 0 Å². The number of aryl methyl sites for hydroxylation is 3. The van der Waals surface area contributed by atoms with Gasteiger partial charge >= 0.3 is 0 Å². The van der Waals surface area contributed by atoms with Gasteiger partial charge in [0.15, 0.2) is 0 Å². The van der Waals surface area contributed by atoms with Crippen molar-refractivity contribution in [1.82, 2.24) is 10.3 Å². The number of amides is 1. The first-order valence-corrected chi connectivity index (χ1v) is 6.68. The summed E-state index contributed by atoms with van der Waals surface area (Å²) in [6.45, 7) is 3.88. The first kappa shape index (κ1) is 12.1. The molecule has 100 valence electrons. The van der Waals surface area contributed by atoms with Crippen molar-refractivity contribution in [3.8, 4) is 0 Å². The Morgan fingerprint density at radius 3 is 3.05 bits per heavy atom. The highest BCUT2D eigenvalue weighted by atomic mass is 16.3. The molecule has 0 spiro atoms. The van der Waals surface area contributed by atoms with E-state index in [0.29, 0.717) is 0 Å². The topological polar surface area (TPSA) is 58.0 Å². The molecule has 3 rings (SSSR count). The third kappa shape index (κ3) is 2.18. The number of aromatic nitrogens is 1. The first-order chi connectivity index (χ1) is 9.15. The fraction of sp³-hybridized carbons (Fsp3) is 0.400. The van der Waals surface area contributed by atoms with E-state index in [9.17, 15) is 4.79 Å². The Morgan fingerprint density at radius 2 is 2.32 bits per heavy atom. The monoisotopic (exact) mass is 258 g/mol. The molecule has 2 aromatic rings. The van der Waals surface area contributed by atoms with Crippen molar-refractivity contribution in [2.24, 2.45) is 0 Å². The number of nitrogens with one attached hydrogen (secondary N) is 2. The fourth-order valence-electron chi connectivity index (χ4n) is 2.83. The van der Waals surface area contributed by atoms with Crippen LogP contribution in [0.25, 0.3) is 0 Å². The number of H-pyrrole nitrogens is 1. The second-order valence-corrected chi connectivity index (χ2v) is 5.21. The second-order valence-electron chi connectivity index (χ2n) is 5.21. The lowest BCUT2D eigenvalue weighted by molar-refractivity contribution is 0.0932. The minimum atomic E-state index is -0.0131. The van der Waals surface area contributed by atoms with Crippen molar-refractivity contribution in [3.05, 3.63) is 46.7 Å². The zero-order chi connectivity index (χ0) is 13.4. The van der Waals surface area contributed by atoms with Gasteiger partial charge in [0.05, 0.1) is 17.9 Å². The summed E-state index contributed by atoms with van der Waals surface area (Å²) in [6.07, 6.45) is 4.70. The minimum Gasteiger partial charge on any atom is -0.469 e. The molecule has 0 fully saturated rings. The Balaban J connectivity index is 1.80. The molecule has 1 aliphatic carbocycles. The van der Waals surface area contributed by atoms with E-state index in [0.717, 1.165) is 47.5 Å². The van der Waals surface area contributed by atoms with Gasteiger partial charge in [0.25, 0.3) is 5.91 Å². The van der Waals surface area contributed by atoms with Crippen LogP contribution in [0, 0.1) is 13.8 Å². The molecular weight excluding hydrogens is 240 g/mol. The predicted octanol–water partition coefficient (Wildman–Crippen LogP) is 3.03. The van der Waals surface area contributed by atoms with Gasteiger partial charge in [-0.2, -0.15) is 0 Å². The van der Waals surface area contributed by atoms with Gasteiger partial charge in [-0.25, -0.2) is 0 Å². The van der Waals surface area contributed by atoms with Gasteiger partial charge < -0.3 is 14.7 Å². The minimum absolute atomic E-state index is 0.0131. The molecule has 2 N–H and O–H groups in total. The van der Waals surface area contributed by atoms with Crippen molar-refractivity contribution in [2.75, 3.05) is 0 Å². The summed E-state index contributed by atoms with van der Waals surface area (Å²) in [7, 11) is 0. The largest absolute Gasteiger partial charge is 0.469 e. The molecule has 0 saturated carbocycles. The molecule has 1 aliphatic rings. The maximum Gasteiger partial charge on any atom is 0.253 e. The third-order valence-corrected chi connectivity index (χ3v) is 3.75. The summed E-state index contributed by atoms with van der Waals surface area (Å²) in [4.78, 5) is 15.5. The van der Waals surface area contributed by atoms with Crippen molar-refractivity contribution in [1.29, 1.82) is 0 Å². The summed E-state index contributed by atoms with van der Waals surface area (Å²) < 4.78 is 5.44. The number of hydrogen-bond acceptors (Lipinski definition) is 2. The van der Waals surface area contributed by atoms with Gasteiger partial charge in [-0.1, -0.05) is 0 Å². The van der Waals surface area contributed by atoms with E-state index >= 15 is 0 Å². The molecule has 19 heavy (non-hydrogen) atoms. The van der Waals surface area contributed by atoms with E-state index < -0.39 is 0 Å². The SMILES string of the molecule is Cc1cc(C(=O)NC2CCCc3occc32)c(C)[nH]1. The van der Waals surface area contributed by atoms with E-state index in [-0.39, 0.29) is 11.9 Å². The van der Waals surface area contributed by atoms with E-state index in [1.54, 1.807) is 6.26 Å². The van der Waals surface area contributed by atoms with Crippen molar-refractivity contribution >= 4 is 5.91 Å². The van der Waals surface area contributed by atoms with Crippen molar-refractivity contribution in [3.63, 3.8) is 0 Å². The van der Waals surface area contributed by atoms with Crippen molar-refractivity contribution < 1.29 is 9.21 Å². The Hall–Kier alpha value is -1.97. The Bertz CT molecular complexity index is 609. The van der Waals surface area contributed by atoms with Crippen LogP contribution in [0.3, 0.4) is 0 Å². The smallest absolute Gasteiger partial charge is 0.253 e. The summed E-state index contributed by atoms with van der Waals surface area (Å²) in [5, 5.41) is 3.11. The number of hydrogen-bond donors (Lipinski definition) is 2. The first-order valence-electron chi connectivity index (χ1n) is 6.68. The van der Waals surface area contributed by atoms with Gasteiger partial charge in [-0.05, 0) is 38.8 Å². The summed E-state index contributed by atoms with van der Waals surface area (Å²) >= 11 is 0. The molecule has 1 atom stereocenters. The average molecular weight is 258 g/mol. The maximum atomic E-state index is 12.3. The highest BCUT2D eigenvalue weighted by molar-refractivity contribution is 5.95. The highest BCUT2D eigenvalue weighted by Crippen LogP contribution is 2.30. The molecule has 0 bridgehead atoms. The maximum absolute atomic E-state index is 12.3. The number of rotatable bonds is 2. The number of carbonyl (C=O) groups is 1. The zero-order valence-corrected chi connectivity index (χ0v) is 11.2. The molecule has 0 aliphatic heterocycles. The van der Waals surface area contributed by atoms with Crippen LogP contribution in [0.1, 0.15) is 52.0 Å². The predicted molar refractivity (Wildman–Crippen MR) is 72.1 cm³/mol. The van der Waals surface area contributed by atoms with Crippen LogP contribution in [-0.4, -0.2) is 10.9 Å². The van der Waals surface area contributed by atoms with Crippen LogP contribution in [0.5, 0.6) is 0 Å². The third-order valence-electron chi connectivity index (χ3n) is 3.75. The number of fused-ring (bicyclic) bond motifs is 1. The quantitative estimate of drug-likeness (QED) is 0.869. The molecule has 2 aromatic heterocycles. The molecule has 0 saturated heterocycles. The van der Waals surface area contributed by atoms with E-state index in [1.807, 2.05) is 26.0 Å². The second kappa shape index (κ2) is 4.61. The van der Waals surface area contributed by atoms with Crippen LogP contribution in [0.2, 0.25) is 0 Å². The number of furan rings is 1. The molecular formula is C15H18N2O2. The lowest BCUT2D eigenvalue weighted by Crippen LogP contribution is -2.30. The zero-order valence-electron chi connectivity index (χ0n) is 11.2. The van der Waals surface area contributed by atoms with E-state index in [4.69, 9.17) is 4.42 Å². The molecule has 0 radical (unpaired) electrons. The fourth-order valence-corrected chi connectivity index (χ4v) is 2.83. The average Bonchev–Trinajstić information content (AvgIpc) is 2.96. The molecule has 4 heteroatoms. The Morgan fingerprint density at radius 1 is 1.47 bits per heavy atom. The van der Waals surface area contributed by atoms with E-state index in [1.165, 1.54) is 0 Å². The summed E-state index contributed by atoms with van der Waals surface area (Å²) in [5.41, 5.74) is 3.78. The van der Waals surface area contributed by atoms with Crippen LogP contribution in [0.15, 0.2) is 22.8 Å². The standard InChI is InChI=1S/C15H18N2O2/c1-9-8-12(10(2)16-9)15(18)17-13-4-3-5-14-11(13)6-7-19-14/h6-8,13,16H,3-5H2,1-2H3,(H,17,18). The summed E-state index contributed by atoms with van der Waals surface area (Å²) in [6, 6.07) is 3.93. The highest BCUT2D eigenvalue weighted by Gasteiger charge is 2.25. The van der Waals surface area contributed by atoms with Crippen LogP contribution in [-0.2, 0) is 6.42 Å². The normalized spacial score (nSPS) is 18.1. The lowest BCUT2D eigenvalue weighted by Gasteiger charge is -2.22. The van der Waals surface area contributed by atoms with Crippen molar-refractivity contribution in [2.45, 2.75) is 39.2 Å². The van der Waals surface area contributed by atoms with Gasteiger partial charge in [-0.15, -0.1) is 0 Å². The Labute approximate surface area is 112 Å². The molecule has 0 aromatic carbocycles. The number of aromatic amines is 1. The Kier molecular flexibility index (Phi) is 2.93. The molecule has 2 heterocycles. The molecule has 4 nitrogen and oxygen atoms in total. The van der Waals surface area contributed by atoms with E-state index in [2.05, 4.69) is 10.3 Å². The van der Waals surface area contributed by atoms with Gasteiger partial charge in [-0.3, -0.25) is 4.79 Å². The molecule has 1 amide bonds. The molecule has 1 unspecified atom stereocenters. The van der Waals surface area contributed by atoms with Gasteiger partial charge in [0, 0.05) is 23.4 Å². The number of carbonyl (C=O) groups excluding carboxylic acids is 1. The summed E-state index contributed by atoms with van der Waals surface area (Å²) in [5.74, 6) is 0.999. The lowest BCUT2D eigenvalue weighted by atomic mass is 9.93. The van der Waals surface area contributed by atoms with Crippen LogP contribution < -0.4 is 5.32 Å². The van der Waals surface area contributed by atoms with Gasteiger partial charge in [0.2, 0.25) is 0 Å².